The van der Waals surface area contributed by atoms with Crippen LogP contribution in [-0.2, 0) is 6.42 Å². The molecule has 1 aromatic heterocycles. The number of rotatable bonds is 5. The zero-order chi connectivity index (χ0) is 11.3. The molecule has 0 amide bonds. The number of aromatic nitrogens is 1. The van der Waals surface area contributed by atoms with Crippen molar-refractivity contribution in [2.45, 2.75) is 32.2 Å². The van der Waals surface area contributed by atoms with E-state index in [0.29, 0.717) is 11.6 Å². The summed E-state index contributed by atoms with van der Waals surface area (Å²) in [6, 6.07) is 2.19. The van der Waals surface area contributed by atoms with Gasteiger partial charge in [-0.15, -0.1) is 0 Å². The SMILES string of the molecule is COc1cc(CCC[C@H](C)N)cnc1N. The normalized spacial score (nSPS) is 12.5. The number of nitrogens with zero attached hydrogens (tertiary/aromatic N) is 1. The van der Waals surface area contributed by atoms with Crippen molar-refractivity contribution in [2.24, 2.45) is 5.73 Å². The maximum atomic E-state index is 5.68. The Morgan fingerprint density at radius 3 is 2.87 bits per heavy atom. The van der Waals surface area contributed by atoms with Crippen LogP contribution in [0.4, 0.5) is 5.82 Å². The van der Waals surface area contributed by atoms with Gasteiger partial charge in [-0.05, 0) is 37.8 Å². The van der Waals surface area contributed by atoms with Gasteiger partial charge in [-0.3, -0.25) is 0 Å². The van der Waals surface area contributed by atoms with Crippen LogP contribution >= 0.6 is 0 Å². The van der Waals surface area contributed by atoms with Gasteiger partial charge in [-0.1, -0.05) is 0 Å². The smallest absolute Gasteiger partial charge is 0.166 e. The number of methoxy groups -OCH3 is 1. The van der Waals surface area contributed by atoms with E-state index in [-0.39, 0.29) is 6.04 Å². The molecule has 0 saturated carbocycles. The van der Waals surface area contributed by atoms with Crippen molar-refractivity contribution in [3.8, 4) is 5.75 Å². The fourth-order valence-electron chi connectivity index (χ4n) is 1.42. The molecular formula is C11H19N3O. The van der Waals surface area contributed by atoms with E-state index in [2.05, 4.69) is 4.98 Å². The Morgan fingerprint density at radius 1 is 1.53 bits per heavy atom. The lowest BCUT2D eigenvalue weighted by Crippen LogP contribution is -2.14. The largest absolute Gasteiger partial charge is 0.493 e. The van der Waals surface area contributed by atoms with Crippen molar-refractivity contribution in [1.82, 2.24) is 4.98 Å². The first kappa shape index (κ1) is 11.8. The van der Waals surface area contributed by atoms with Crippen molar-refractivity contribution < 1.29 is 4.74 Å². The minimum Gasteiger partial charge on any atom is -0.493 e. The van der Waals surface area contributed by atoms with E-state index in [1.54, 1.807) is 13.3 Å². The summed E-state index contributed by atoms with van der Waals surface area (Å²) in [5.41, 5.74) is 12.4. The molecule has 0 aliphatic rings. The van der Waals surface area contributed by atoms with Crippen LogP contribution in [0.1, 0.15) is 25.3 Å². The molecule has 0 spiro atoms. The second-order valence-electron chi connectivity index (χ2n) is 3.80. The summed E-state index contributed by atoms with van der Waals surface area (Å²) in [5.74, 6) is 1.08. The van der Waals surface area contributed by atoms with Crippen molar-refractivity contribution in [1.29, 1.82) is 0 Å². The molecule has 84 valence electrons. The minimum atomic E-state index is 0.258. The molecule has 0 aliphatic heterocycles. The van der Waals surface area contributed by atoms with Crippen molar-refractivity contribution in [3.63, 3.8) is 0 Å². The topological polar surface area (TPSA) is 74.2 Å². The molecule has 4 heteroatoms. The fraction of sp³-hybridized carbons (Fsp3) is 0.545. The average molecular weight is 209 g/mol. The van der Waals surface area contributed by atoms with Crippen LogP contribution in [0, 0.1) is 0 Å². The van der Waals surface area contributed by atoms with Gasteiger partial charge in [0.2, 0.25) is 0 Å². The molecule has 0 aliphatic carbocycles. The lowest BCUT2D eigenvalue weighted by molar-refractivity contribution is 0.414. The number of nitrogens with two attached hydrogens (primary N) is 2. The number of anilines is 1. The van der Waals surface area contributed by atoms with E-state index in [9.17, 15) is 0 Å². The van der Waals surface area contributed by atoms with Crippen LogP contribution in [0.5, 0.6) is 5.75 Å². The molecule has 0 bridgehead atoms. The number of hydrogen-bond acceptors (Lipinski definition) is 4. The number of ether oxygens (including phenoxy) is 1. The van der Waals surface area contributed by atoms with Crippen LogP contribution in [0.3, 0.4) is 0 Å². The Labute approximate surface area is 90.6 Å². The standard InChI is InChI=1S/C11H19N3O/c1-8(12)4-3-5-9-6-10(15-2)11(13)14-7-9/h6-8H,3-5,12H2,1-2H3,(H2,13,14)/t8-/m0/s1. The minimum absolute atomic E-state index is 0.258. The van der Waals surface area contributed by atoms with Crippen LogP contribution in [0.25, 0.3) is 0 Å². The van der Waals surface area contributed by atoms with Gasteiger partial charge in [0.25, 0.3) is 0 Å². The molecule has 1 atom stereocenters. The zero-order valence-corrected chi connectivity index (χ0v) is 9.36. The zero-order valence-electron chi connectivity index (χ0n) is 9.36. The number of nitrogen functional groups attached to an aromatic ring is 1. The predicted molar refractivity (Wildman–Crippen MR) is 61.8 cm³/mol. The van der Waals surface area contributed by atoms with Gasteiger partial charge in [-0.25, -0.2) is 4.98 Å². The maximum Gasteiger partial charge on any atom is 0.166 e. The van der Waals surface area contributed by atoms with Crippen molar-refractivity contribution in [3.05, 3.63) is 17.8 Å². The third-order valence-electron chi connectivity index (χ3n) is 2.28. The number of pyridine rings is 1. The van der Waals surface area contributed by atoms with Gasteiger partial charge in [0, 0.05) is 12.2 Å². The monoisotopic (exact) mass is 209 g/mol. The molecule has 1 rings (SSSR count). The van der Waals surface area contributed by atoms with Crippen LogP contribution < -0.4 is 16.2 Å². The van der Waals surface area contributed by atoms with E-state index in [0.717, 1.165) is 24.8 Å². The first-order valence-corrected chi connectivity index (χ1v) is 5.17. The van der Waals surface area contributed by atoms with Crippen LogP contribution in [-0.4, -0.2) is 18.1 Å². The predicted octanol–water partition coefficient (Wildman–Crippen LogP) is 1.34. The number of hydrogen-bond donors (Lipinski definition) is 2. The molecule has 4 nitrogen and oxygen atoms in total. The second-order valence-corrected chi connectivity index (χ2v) is 3.80. The third kappa shape index (κ3) is 3.75. The van der Waals surface area contributed by atoms with Gasteiger partial charge >= 0.3 is 0 Å². The summed E-state index contributed by atoms with van der Waals surface area (Å²) < 4.78 is 5.10. The highest BCUT2D eigenvalue weighted by atomic mass is 16.5. The highest BCUT2D eigenvalue weighted by Crippen LogP contribution is 2.20. The number of aryl methyl sites for hydroxylation is 1. The molecule has 0 aromatic carbocycles. The summed E-state index contributed by atoms with van der Waals surface area (Å²) >= 11 is 0. The molecule has 0 radical (unpaired) electrons. The Balaban J connectivity index is 2.54. The van der Waals surface area contributed by atoms with E-state index in [1.165, 1.54) is 0 Å². The molecule has 0 fully saturated rings. The lowest BCUT2D eigenvalue weighted by atomic mass is 10.1. The van der Waals surface area contributed by atoms with Gasteiger partial charge in [0.05, 0.1) is 7.11 Å². The van der Waals surface area contributed by atoms with Gasteiger partial charge in [0.15, 0.2) is 11.6 Å². The van der Waals surface area contributed by atoms with Crippen LogP contribution in [0.2, 0.25) is 0 Å². The van der Waals surface area contributed by atoms with Gasteiger partial charge in [0.1, 0.15) is 0 Å². The summed E-state index contributed by atoms with van der Waals surface area (Å²) in [5, 5.41) is 0. The Bertz CT molecular complexity index is 313. The van der Waals surface area contributed by atoms with E-state index in [4.69, 9.17) is 16.2 Å². The molecule has 0 unspecified atom stereocenters. The first-order valence-electron chi connectivity index (χ1n) is 5.17. The van der Waals surface area contributed by atoms with Crippen molar-refractivity contribution in [2.75, 3.05) is 12.8 Å². The highest BCUT2D eigenvalue weighted by molar-refractivity contribution is 5.46. The summed E-state index contributed by atoms with van der Waals surface area (Å²) in [7, 11) is 1.60. The Kier molecular flexibility index (Phi) is 4.37. The molecule has 0 saturated heterocycles. The Morgan fingerprint density at radius 2 is 2.27 bits per heavy atom. The molecule has 1 aromatic rings. The second kappa shape index (κ2) is 5.56. The average Bonchev–Trinajstić information content (AvgIpc) is 2.20. The van der Waals surface area contributed by atoms with E-state index in [1.807, 2.05) is 13.0 Å². The first-order chi connectivity index (χ1) is 7.13. The van der Waals surface area contributed by atoms with Crippen molar-refractivity contribution >= 4 is 5.82 Å². The quantitative estimate of drug-likeness (QED) is 0.767. The maximum absolute atomic E-state index is 5.68. The highest BCUT2D eigenvalue weighted by Gasteiger charge is 2.03. The molecule has 4 N–H and O–H groups in total. The third-order valence-corrected chi connectivity index (χ3v) is 2.28. The van der Waals surface area contributed by atoms with Gasteiger partial charge < -0.3 is 16.2 Å². The molecule has 1 heterocycles. The van der Waals surface area contributed by atoms with Gasteiger partial charge in [-0.2, -0.15) is 0 Å². The van der Waals surface area contributed by atoms with E-state index >= 15 is 0 Å². The summed E-state index contributed by atoms with van der Waals surface area (Å²) in [4.78, 5) is 4.07. The van der Waals surface area contributed by atoms with Crippen LogP contribution in [0.15, 0.2) is 12.3 Å². The molecular weight excluding hydrogens is 190 g/mol. The Hall–Kier alpha value is -1.29. The lowest BCUT2D eigenvalue weighted by Gasteiger charge is -2.07. The molecule has 15 heavy (non-hydrogen) atoms. The fourth-order valence-corrected chi connectivity index (χ4v) is 1.42. The summed E-state index contributed by atoms with van der Waals surface area (Å²) in [6.45, 7) is 2.02. The van der Waals surface area contributed by atoms with E-state index < -0.39 is 0 Å². The summed E-state index contributed by atoms with van der Waals surface area (Å²) in [6.07, 6.45) is 4.84.